The number of rotatable bonds is 4. The zero-order valence-electron chi connectivity index (χ0n) is 10.8. The quantitative estimate of drug-likeness (QED) is 0.843. The van der Waals surface area contributed by atoms with Crippen molar-refractivity contribution in [3.63, 3.8) is 0 Å². The van der Waals surface area contributed by atoms with E-state index in [2.05, 4.69) is 5.32 Å². The molecule has 1 amide bonds. The van der Waals surface area contributed by atoms with Gasteiger partial charge in [-0.3, -0.25) is 4.79 Å². The van der Waals surface area contributed by atoms with Crippen molar-refractivity contribution in [1.82, 2.24) is 5.32 Å². The van der Waals surface area contributed by atoms with Crippen LogP contribution >= 0.6 is 0 Å². The van der Waals surface area contributed by atoms with E-state index in [0.717, 1.165) is 6.07 Å². The maximum Gasteiger partial charge on any atom is 0.335 e. The minimum atomic E-state index is -3.90. The molecular weight excluding hydrogens is 270 g/mol. The van der Waals surface area contributed by atoms with Crippen molar-refractivity contribution in [3.05, 3.63) is 29.3 Å². The molecule has 0 saturated heterocycles. The average Bonchev–Trinajstić information content (AvgIpc) is 2.36. The number of sulfone groups is 1. The molecule has 1 atom stereocenters. The van der Waals surface area contributed by atoms with Gasteiger partial charge < -0.3 is 10.4 Å². The number of aryl methyl sites for hydroxylation is 1. The van der Waals surface area contributed by atoms with Crippen molar-refractivity contribution in [1.29, 1.82) is 0 Å². The Kier molecular flexibility index (Phi) is 4.31. The van der Waals surface area contributed by atoms with Crippen LogP contribution in [0, 0.1) is 6.92 Å². The van der Waals surface area contributed by atoms with Gasteiger partial charge in [0.15, 0.2) is 9.84 Å². The standard InChI is InChI=1S/C12H15NO5S/c1-7-4-5-9(6-10(7)12(15)16)19(17,18)8(2)11(14)13-3/h4-6,8H,1-3H3,(H,13,14)(H,15,16). The summed E-state index contributed by atoms with van der Waals surface area (Å²) >= 11 is 0. The molecule has 19 heavy (non-hydrogen) atoms. The number of carboxylic acids is 1. The zero-order valence-corrected chi connectivity index (χ0v) is 11.6. The average molecular weight is 285 g/mol. The Morgan fingerprint density at radius 1 is 1.32 bits per heavy atom. The second-order valence-electron chi connectivity index (χ2n) is 4.08. The second-order valence-corrected chi connectivity index (χ2v) is 6.35. The lowest BCUT2D eigenvalue weighted by Gasteiger charge is -2.12. The lowest BCUT2D eigenvalue weighted by Crippen LogP contribution is -2.35. The molecule has 104 valence electrons. The molecule has 0 aliphatic heterocycles. The highest BCUT2D eigenvalue weighted by Gasteiger charge is 2.29. The van der Waals surface area contributed by atoms with Crippen molar-refractivity contribution in [2.45, 2.75) is 24.0 Å². The number of aromatic carboxylic acids is 1. The predicted molar refractivity (Wildman–Crippen MR) is 68.9 cm³/mol. The topological polar surface area (TPSA) is 101 Å². The number of hydrogen-bond acceptors (Lipinski definition) is 4. The molecular formula is C12H15NO5S. The number of carboxylic acid groups (broad SMARTS) is 1. The van der Waals surface area contributed by atoms with Crippen molar-refractivity contribution in [3.8, 4) is 0 Å². The van der Waals surface area contributed by atoms with E-state index in [0.29, 0.717) is 5.56 Å². The Morgan fingerprint density at radius 3 is 2.37 bits per heavy atom. The highest BCUT2D eigenvalue weighted by Crippen LogP contribution is 2.20. The largest absolute Gasteiger partial charge is 0.478 e. The van der Waals surface area contributed by atoms with Gasteiger partial charge >= 0.3 is 5.97 Å². The number of amides is 1. The summed E-state index contributed by atoms with van der Waals surface area (Å²) in [5.41, 5.74) is 0.365. The number of benzene rings is 1. The van der Waals surface area contributed by atoms with Gasteiger partial charge in [-0.15, -0.1) is 0 Å². The van der Waals surface area contributed by atoms with Gasteiger partial charge in [0, 0.05) is 7.05 Å². The molecule has 0 aliphatic carbocycles. The number of carbonyl (C=O) groups is 2. The van der Waals surface area contributed by atoms with Crippen LogP contribution in [0.2, 0.25) is 0 Å². The fourth-order valence-corrected chi connectivity index (χ4v) is 2.90. The van der Waals surface area contributed by atoms with Crippen LogP contribution in [0.5, 0.6) is 0 Å². The van der Waals surface area contributed by atoms with Crippen LogP contribution in [0.3, 0.4) is 0 Å². The molecule has 2 N–H and O–H groups in total. The Balaban J connectivity index is 3.34. The molecule has 7 heteroatoms. The molecule has 6 nitrogen and oxygen atoms in total. The molecule has 1 unspecified atom stereocenters. The summed E-state index contributed by atoms with van der Waals surface area (Å²) in [6, 6.07) is 3.79. The number of hydrogen-bond donors (Lipinski definition) is 2. The van der Waals surface area contributed by atoms with Gasteiger partial charge in [-0.1, -0.05) is 6.07 Å². The van der Waals surface area contributed by atoms with E-state index in [1.54, 1.807) is 6.92 Å². The van der Waals surface area contributed by atoms with Crippen LogP contribution in [0.1, 0.15) is 22.8 Å². The van der Waals surface area contributed by atoms with Crippen LogP contribution in [-0.4, -0.2) is 37.7 Å². The third-order valence-corrected chi connectivity index (χ3v) is 4.91. The highest BCUT2D eigenvalue weighted by atomic mass is 32.2. The van der Waals surface area contributed by atoms with Crippen LogP contribution in [0.25, 0.3) is 0 Å². The third-order valence-electron chi connectivity index (χ3n) is 2.85. The summed E-state index contributed by atoms with van der Waals surface area (Å²) in [6.07, 6.45) is 0. The van der Waals surface area contributed by atoms with Crippen LogP contribution in [0.15, 0.2) is 23.1 Å². The summed E-state index contributed by atoms with van der Waals surface area (Å²) in [4.78, 5) is 22.2. The molecule has 1 aromatic carbocycles. The first-order valence-electron chi connectivity index (χ1n) is 5.51. The third kappa shape index (κ3) is 2.93. The smallest absolute Gasteiger partial charge is 0.335 e. The molecule has 0 bridgehead atoms. The van der Waals surface area contributed by atoms with Gasteiger partial charge in [-0.05, 0) is 31.5 Å². The summed E-state index contributed by atoms with van der Waals surface area (Å²) in [6.45, 7) is 2.83. The molecule has 0 aliphatic rings. The number of carbonyl (C=O) groups excluding carboxylic acids is 1. The fourth-order valence-electron chi connectivity index (χ4n) is 1.56. The van der Waals surface area contributed by atoms with Crippen molar-refractivity contribution < 1.29 is 23.1 Å². The summed E-state index contributed by atoms with van der Waals surface area (Å²) < 4.78 is 24.3. The summed E-state index contributed by atoms with van der Waals surface area (Å²) in [7, 11) is -2.56. The zero-order chi connectivity index (χ0) is 14.8. The first-order chi connectivity index (χ1) is 8.71. The minimum Gasteiger partial charge on any atom is -0.478 e. The van der Waals surface area contributed by atoms with E-state index >= 15 is 0 Å². The molecule has 0 aromatic heterocycles. The minimum absolute atomic E-state index is 0.0924. The van der Waals surface area contributed by atoms with Gasteiger partial charge in [0.2, 0.25) is 5.91 Å². The van der Waals surface area contributed by atoms with Gasteiger partial charge in [0.25, 0.3) is 0 Å². The first kappa shape index (κ1) is 15.2. The van der Waals surface area contributed by atoms with Crippen molar-refractivity contribution in [2.75, 3.05) is 7.05 Å². The lowest BCUT2D eigenvalue weighted by atomic mass is 10.1. The number of nitrogens with one attached hydrogen (secondary N) is 1. The van der Waals surface area contributed by atoms with Crippen LogP contribution < -0.4 is 5.32 Å². The van der Waals surface area contributed by atoms with Gasteiger partial charge in [0.05, 0.1) is 10.5 Å². The second kappa shape index (κ2) is 5.40. The maximum atomic E-state index is 12.2. The van der Waals surface area contributed by atoms with E-state index < -0.39 is 27.0 Å². The van der Waals surface area contributed by atoms with E-state index in [9.17, 15) is 18.0 Å². The van der Waals surface area contributed by atoms with Crippen molar-refractivity contribution >= 4 is 21.7 Å². The molecule has 0 radical (unpaired) electrons. The Hall–Kier alpha value is -1.89. The summed E-state index contributed by atoms with van der Waals surface area (Å²) in [5, 5.41) is 9.95. The predicted octanol–water partition coefficient (Wildman–Crippen LogP) is 0.601. The van der Waals surface area contributed by atoms with E-state index in [-0.39, 0.29) is 10.5 Å². The maximum absolute atomic E-state index is 12.2. The van der Waals surface area contributed by atoms with E-state index in [1.807, 2.05) is 0 Å². The van der Waals surface area contributed by atoms with Gasteiger partial charge in [0.1, 0.15) is 5.25 Å². The molecule has 0 saturated carbocycles. The molecule has 1 aromatic rings. The van der Waals surface area contributed by atoms with Crippen molar-refractivity contribution in [2.24, 2.45) is 0 Å². The Bertz CT molecular complexity index is 621. The SMILES string of the molecule is CNC(=O)C(C)S(=O)(=O)c1ccc(C)c(C(=O)O)c1. The summed E-state index contributed by atoms with van der Waals surface area (Å²) in [5.74, 6) is -1.85. The van der Waals surface area contributed by atoms with E-state index in [4.69, 9.17) is 5.11 Å². The Labute approximate surface area is 111 Å². The molecule has 1 rings (SSSR count). The van der Waals surface area contributed by atoms with Gasteiger partial charge in [-0.25, -0.2) is 13.2 Å². The molecule has 0 spiro atoms. The fraction of sp³-hybridized carbons (Fsp3) is 0.333. The molecule has 0 heterocycles. The monoisotopic (exact) mass is 285 g/mol. The Morgan fingerprint density at radius 2 is 1.89 bits per heavy atom. The van der Waals surface area contributed by atoms with E-state index in [1.165, 1.54) is 26.1 Å². The highest BCUT2D eigenvalue weighted by molar-refractivity contribution is 7.92. The lowest BCUT2D eigenvalue weighted by molar-refractivity contribution is -0.119. The van der Waals surface area contributed by atoms with Gasteiger partial charge in [-0.2, -0.15) is 0 Å². The molecule has 0 fully saturated rings. The van der Waals surface area contributed by atoms with Crippen LogP contribution in [-0.2, 0) is 14.6 Å². The normalized spacial score (nSPS) is 12.8. The first-order valence-corrected chi connectivity index (χ1v) is 7.06. The van der Waals surface area contributed by atoms with Crippen LogP contribution in [0.4, 0.5) is 0 Å².